The quantitative estimate of drug-likeness (QED) is 0.498. The van der Waals surface area contributed by atoms with Crippen LogP contribution in [0.4, 0.5) is 5.69 Å². The number of aromatic nitrogens is 1. The zero-order valence-electron chi connectivity index (χ0n) is 9.66. The van der Waals surface area contributed by atoms with E-state index in [-0.39, 0.29) is 12.6 Å². The van der Waals surface area contributed by atoms with Crippen molar-refractivity contribution in [3.63, 3.8) is 0 Å². The third kappa shape index (κ3) is 2.93. The molecule has 1 fully saturated rings. The first-order valence-corrected chi connectivity index (χ1v) is 5.69. The number of pyridine rings is 1. The van der Waals surface area contributed by atoms with Crippen LogP contribution in [0, 0.1) is 0 Å². The standard InChI is InChI=1S/C10H13ClN6O/c1-13-17(8-5-18-6-8)16-15-4-10-9(11)2-7(12)3-14-10/h2-3,8H,1,4-6,12H2/b16-15-. The Balaban J connectivity index is 1.95. The van der Waals surface area contributed by atoms with E-state index in [2.05, 4.69) is 27.1 Å². The Labute approximate surface area is 109 Å². The highest BCUT2D eigenvalue weighted by Gasteiger charge is 2.25. The molecule has 0 saturated carbocycles. The first-order chi connectivity index (χ1) is 8.70. The zero-order chi connectivity index (χ0) is 13.0. The number of nitrogens with zero attached hydrogens (tertiary/aromatic N) is 5. The van der Waals surface area contributed by atoms with Crippen molar-refractivity contribution in [1.29, 1.82) is 0 Å². The number of halogens is 1. The van der Waals surface area contributed by atoms with Crippen LogP contribution < -0.4 is 5.73 Å². The van der Waals surface area contributed by atoms with Crippen LogP contribution in [0.1, 0.15) is 5.69 Å². The van der Waals surface area contributed by atoms with Gasteiger partial charge < -0.3 is 10.5 Å². The molecular formula is C10H13ClN6O. The Kier molecular flexibility index (Phi) is 4.06. The van der Waals surface area contributed by atoms with Crippen LogP contribution in [0.2, 0.25) is 5.02 Å². The molecule has 0 radical (unpaired) electrons. The van der Waals surface area contributed by atoms with Gasteiger partial charge in [0.05, 0.1) is 35.8 Å². The normalized spacial score (nSPS) is 15.6. The lowest BCUT2D eigenvalue weighted by atomic mass is 10.3. The van der Waals surface area contributed by atoms with E-state index in [1.165, 1.54) is 11.3 Å². The summed E-state index contributed by atoms with van der Waals surface area (Å²) in [6, 6.07) is 1.74. The molecule has 0 aromatic carbocycles. The smallest absolute Gasteiger partial charge is 0.120 e. The summed E-state index contributed by atoms with van der Waals surface area (Å²) in [5.41, 5.74) is 6.67. The number of ether oxygens (including phenoxy) is 1. The molecule has 0 bridgehead atoms. The van der Waals surface area contributed by atoms with E-state index in [1.54, 1.807) is 6.07 Å². The molecule has 1 aromatic heterocycles. The van der Waals surface area contributed by atoms with Crippen molar-refractivity contribution < 1.29 is 4.74 Å². The van der Waals surface area contributed by atoms with Crippen molar-refractivity contribution in [1.82, 2.24) is 10.1 Å². The van der Waals surface area contributed by atoms with Gasteiger partial charge in [0.2, 0.25) is 0 Å². The second kappa shape index (κ2) is 5.74. The molecule has 18 heavy (non-hydrogen) atoms. The van der Waals surface area contributed by atoms with Crippen molar-refractivity contribution in [2.45, 2.75) is 12.6 Å². The average Bonchev–Trinajstić information content (AvgIpc) is 2.28. The number of nitrogens with two attached hydrogens (primary N) is 1. The van der Waals surface area contributed by atoms with Crippen LogP contribution in [0.25, 0.3) is 0 Å². The number of nitrogen functional groups attached to an aromatic ring is 1. The Morgan fingerprint density at radius 1 is 1.61 bits per heavy atom. The number of rotatable bonds is 5. The summed E-state index contributed by atoms with van der Waals surface area (Å²) in [4.78, 5) is 4.08. The van der Waals surface area contributed by atoms with Gasteiger partial charge in [0.15, 0.2) is 0 Å². The predicted molar refractivity (Wildman–Crippen MR) is 68.2 cm³/mol. The fourth-order valence-electron chi connectivity index (χ4n) is 1.33. The molecule has 0 aliphatic carbocycles. The van der Waals surface area contributed by atoms with E-state index in [9.17, 15) is 0 Å². The van der Waals surface area contributed by atoms with Gasteiger partial charge in [-0.2, -0.15) is 15.3 Å². The van der Waals surface area contributed by atoms with Gasteiger partial charge in [-0.1, -0.05) is 16.8 Å². The molecule has 0 atom stereocenters. The van der Waals surface area contributed by atoms with Gasteiger partial charge in [-0.05, 0) is 6.07 Å². The maximum absolute atomic E-state index is 5.97. The fourth-order valence-corrected chi connectivity index (χ4v) is 1.57. The van der Waals surface area contributed by atoms with Crippen molar-refractivity contribution in [3.8, 4) is 0 Å². The number of hydrogen-bond donors (Lipinski definition) is 1. The molecule has 1 aliphatic rings. The van der Waals surface area contributed by atoms with Crippen LogP contribution >= 0.6 is 11.6 Å². The first kappa shape index (κ1) is 12.7. The van der Waals surface area contributed by atoms with Gasteiger partial charge in [0, 0.05) is 6.72 Å². The van der Waals surface area contributed by atoms with Gasteiger partial charge in [0.1, 0.15) is 12.6 Å². The molecule has 1 aliphatic heterocycles. The highest BCUT2D eigenvalue weighted by atomic mass is 35.5. The largest absolute Gasteiger partial charge is 0.397 e. The molecule has 2 heterocycles. The molecule has 1 aromatic rings. The fraction of sp³-hybridized carbons (Fsp3) is 0.400. The number of hydrogen-bond acceptors (Lipinski definition) is 6. The molecular weight excluding hydrogens is 256 g/mol. The lowest BCUT2D eigenvalue weighted by molar-refractivity contribution is -0.0667. The SMILES string of the molecule is C=NN(/N=N\Cc1ncc(N)cc1Cl)C1COC1. The molecule has 0 unspecified atom stereocenters. The van der Waals surface area contributed by atoms with E-state index >= 15 is 0 Å². The maximum atomic E-state index is 5.97. The number of anilines is 1. The van der Waals surface area contributed by atoms with Gasteiger partial charge in [-0.25, -0.2) is 0 Å². The predicted octanol–water partition coefficient (Wildman–Crippen LogP) is 1.50. The molecule has 7 nitrogen and oxygen atoms in total. The van der Waals surface area contributed by atoms with Gasteiger partial charge in [-0.3, -0.25) is 4.98 Å². The topological polar surface area (TPSA) is 88.5 Å². The second-order valence-electron chi connectivity index (χ2n) is 3.74. The zero-order valence-corrected chi connectivity index (χ0v) is 10.4. The minimum Gasteiger partial charge on any atom is -0.397 e. The summed E-state index contributed by atoms with van der Waals surface area (Å²) < 4.78 is 5.04. The van der Waals surface area contributed by atoms with Crippen LogP contribution in [0.5, 0.6) is 0 Å². The summed E-state index contributed by atoms with van der Waals surface area (Å²) in [5, 5.41) is 13.6. The number of hydrazone groups is 1. The van der Waals surface area contributed by atoms with Crippen molar-refractivity contribution >= 4 is 24.0 Å². The van der Waals surface area contributed by atoms with E-state index in [1.807, 2.05) is 0 Å². The van der Waals surface area contributed by atoms with Crippen LogP contribution in [-0.2, 0) is 11.3 Å². The van der Waals surface area contributed by atoms with Crippen molar-refractivity contribution in [2.24, 2.45) is 15.4 Å². The summed E-state index contributed by atoms with van der Waals surface area (Å²) in [7, 11) is 0. The summed E-state index contributed by atoms with van der Waals surface area (Å²) >= 11 is 5.97. The van der Waals surface area contributed by atoms with Gasteiger partial charge in [0.25, 0.3) is 0 Å². The highest BCUT2D eigenvalue weighted by Crippen LogP contribution is 2.17. The Morgan fingerprint density at radius 2 is 2.39 bits per heavy atom. The van der Waals surface area contributed by atoms with E-state index < -0.39 is 0 Å². The maximum Gasteiger partial charge on any atom is 0.120 e. The van der Waals surface area contributed by atoms with Crippen LogP contribution in [0.3, 0.4) is 0 Å². The van der Waals surface area contributed by atoms with E-state index in [0.29, 0.717) is 29.6 Å². The third-order valence-corrected chi connectivity index (χ3v) is 2.73. The van der Waals surface area contributed by atoms with Crippen LogP contribution in [0.15, 0.2) is 27.7 Å². The lowest BCUT2D eigenvalue weighted by Crippen LogP contribution is -2.43. The molecule has 1 saturated heterocycles. The van der Waals surface area contributed by atoms with E-state index in [0.717, 1.165) is 0 Å². The first-order valence-electron chi connectivity index (χ1n) is 5.31. The Morgan fingerprint density at radius 3 is 2.94 bits per heavy atom. The summed E-state index contributed by atoms with van der Waals surface area (Å²) in [5.74, 6) is 0. The van der Waals surface area contributed by atoms with E-state index in [4.69, 9.17) is 22.1 Å². The minimum atomic E-state index is 0.112. The molecule has 0 amide bonds. The molecule has 0 spiro atoms. The van der Waals surface area contributed by atoms with Crippen molar-refractivity contribution in [2.75, 3.05) is 18.9 Å². The third-order valence-electron chi connectivity index (χ3n) is 2.41. The summed E-state index contributed by atoms with van der Waals surface area (Å²) in [6.07, 6.45) is 1.53. The second-order valence-corrected chi connectivity index (χ2v) is 4.15. The molecule has 8 heteroatoms. The van der Waals surface area contributed by atoms with Gasteiger partial charge in [-0.15, -0.1) is 0 Å². The van der Waals surface area contributed by atoms with Crippen molar-refractivity contribution in [3.05, 3.63) is 23.0 Å². The van der Waals surface area contributed by atoms with Crippen LogP contribution in [-0.4, -0.2) is 36.1 Å². The highest BCUT2D eigenvalue weighted by molar-refractivity contribution is 6.31. The Hall–Kier alpha value is -1.73. The summed E-state index contributed by atoms with van der Waals surface area (Å²) in [6.45, 7) is 4.85. The monoisotopic (exact) mass is 268 g/mol. The molecule has 2 N–H and O–H groups in total. The average molecular weight is 269 g/mol. The van der Waals surface area contributed by atoms with Gasteiger partial charge >= 0.3 is 0 Å². The molecule has 2 rings (SSSR count). The minimum absolute atomic E-state index is 0.112. The Bertz CT molecular complexity index is 462. The molecule has 96 valence electrons. The lowest BCUT2D eigenvalue weighted by Gasteiger charge is -2.30.